The number of H-pyrrole nitrogens is 1. The van der Waals surface area contributed by atoms with Crippen LogP contribution in [0.3, 0.4) is 0 Å². The van der Waals surface area contributed by atoms with Gasteiger partial charge in [-0.25, -0.2) is 4.68 Å². The Morgan fingerprint density at radius 3 is 2.81 bits per heavy atom. The van der Waals surface area contributed by atoms with Crippen LogP contribution in [-0.4, -0.2) is 54.4 Å². The predicted octanol–water partition coefficient (Wildman–Crippen LogP) is 3.39. The minimum atomic E-state index is -0.00851. The Hall–Kier alpha value is -3.39. The third kappa shape index (κ3) is 3.42. The van der Waals surface area contributed by atoms with Gasteiger partial charge < -0.3 is 4.74 Å². The number of fused-ring (bicyclic) bond motifs is 4. The van der Waals surface area contributed by atoms with Crippen molar-refractivity contribution < 1.29 is 4.74 Å². The van der Waals surface area contributed by atoms with Gasteiger partial charge in [0.05, 0.1) is 34.4 Å². The number of aromatic nitrogens is 6. The van der Waals surface area contributed by atoms with Gasteiger partial charge >= 0.3 is 0 Å². The van der Waals surface area contributed by atoms with Crippen molar-refractivity contribution in [3.63, 3.8) is 0 Å². The molecule has 31 heavy (non-hydrogen) atoms. The molecule has 8 heteroatoms. The Balaban J connectivity index is 1.70. The molecule has 8 nitrogen and oxygen atoms in total. The number of ether oxygens (including phenoxy) is 1. The van der Waals surface area contributed by atoms with Crippen LogP contribution in [0.2, 0.25) is 0 Å². The molecule has 2 bridgehead atoms. The largest absolute Gasteiger partial charge is 0.473 e. The summed E-state index contributed by atoms with van der Waals surface area (Å²) in [7, 11) is 6.03. The molecular weight excluding hydrogens is 390 g/mol. The summed E-state index contributed by atoms with van der Waals surface area (Å²) in [5, 5.41) is 17.8. The number of hydrogen-bond acceptors (Lipinski definition) is 5. The smallest absolute Gasteiger partial charge is 0.219 e. The Labute approximate surface area is 181 Å². The van der Waals surface area contributed by atoms with E-state index in [9.17, 15) is 0 Å². The average molecular weight is 418 g/mol. The summed E-state index contributed by atoms with van der Waals surface area (Å²) in [5.74, 6) is 0.771. The zero-order valence-electron chi connectivity index (χ0n) is 18.5. The van der Waals surface area contributed by atoms with Gasteiger partial charge in [-0.05, 0) is 50.7 Å². The Morgan fingerprint density at radius 1 is 1.13 bits per heavy atom. The molecule has 0 amide bonds. The van der Waals surface area contributed by atoms with Crippen LogP contribution in [0.1, 0.15) is 29.6 Å². The number of aromatic amines is 1. The van der Waals surface area contributed by atoms with E-state index in [4.69, 9.17) is 4.74 Å². The molecule has 1 aliphatic heterocycles. The van der Waals surface area contributed by atoms with Crippen LogP contribution in [-0.2, 0) is 20.6 Å². The molecule has 1 N–H and O–H groups in total. The van der Waals surface area contributed by atoms with Gasteiger partial charge in [-0.1, -0.05) is 6.07 Å². The van der Waals surface area contributed by atoms with E-state index in [0.717, 1.165) is 58.0 Å². The highest BCUT2D eigenvalue weighted by molar-refractivity contribution is 5.93. The number of hydrogen-bond donors (Lipinski definition) is 1. The Kier molecular flexibility index (Phi) is 4.66. The van der Waals surface area contributed by atoms with E-state index >= 15 is 0 Å². The van der Waals surface area contributed by atoms with Crippen LogP contribution < -0.4 is 4.74 Å². The van der Waals surface area contributed by atoms with E-state index in [0.29, 0.717) is 0 Å². The van der Waals surface area contributed by atoms with Crippen LogP contribution in [0.15, 0.2) is 24.4 Å². The molecule has 3 aromatic heterocycles. The maximum atomic E-state index is 6.38. The van der Waals surface area contributed by atoms with E-state index in [1.165, 1.54) is 5.69 Å². The van der Waals surface area contributed by atoms with Crippen molar-refractivity contribution in [1.29, 1.82) is 0 Å². The third-order valence-electron chi connectivity index (χ3n) is 5.89. The first kappa shape index (κ1) is 19.6. The van der Waals surface area contributed by atoms with E-state index in [2.05, 4.69) is 70.5 Å². The highest BCUT2D eigenvalue weighted by Crippen LogP contribution is 2.33. The molecule has 0 radical (unpaired) electrons. The Bertz CT molecular complexity index is 1290. The number of rotatable bonds is 0. The van der Waals surface area contributed by atoms with Crippen LogP contribution in [0.5, 0.6) is 5.88 Å². The summed E-state index contributed by atoms with van der Waals surface area (Å²) in [6.45, 7) is 5.70. The van der Waals surface area contributed by atoms with Gasteiger partial charge in [-0.2, -0.15) is 15.3 Å². The molecule has 4 aromatic rings. The zero-order chi connectivity index (χ0) is 21.7. The van der Waals surface area contributed by atoms with Gasteiger partial charge in [0.2, 0.25) is 5.88 Å². The molecule has 0 fully saturated rings. The summed E-state index contributed by atoms with van der Waals surface area (Å²) < 4.78 is 10.1. The van der Waals surface area contributed by atoms with Crippen LogP contribution in [0, 0.1) is 6.92 Å². The van der Waals surface area contributed by atoms with Crippen molar-refractivity contribution in [1.82, 2.24) is 34.7 Å². The number of benzene rings is 1. The molecule has 5 rings (SSSR count). The highest BCUT2D eigenvalue weighted by atomic mass is 16.5. The van der Waals surface area contributed by atoms with Crippen LogP contribution >= 0.6 is 0 Å². The maximum absolute atomic E-state index is 6.38. The highest BCUT2D eigenvalue weighted by Gasteiger charge is 2.20. The topological polar surface area (TPSA) is 76.8 Å². The lowest BCUT2D eigenvalue weighted by atomic mass is 10.0. The van der Waals surface area contributed by atoms with Crippen molar-refractivity contribution in [3.05, 3.63) is 47.0 Å². The summed E-state index contributed by atoms with van der Waals surface area (Å²) >= 11 is 0. The number of nitrogens with one attached hydrogen (secondary N) is 1. The molecule has 160 valence electrons. The van der Waals surface area contributed by atoms with Gasteiger partial charge in [0.25, 0.3) is 0 Å². The van der Waals surface area contributed by atoms with E-state index in [-0.39, 0.29) is 6.10 Å². The molecule has 0 unspecified atom stereocenters. The maximum Gasteiger partial charge on any atom is 0.219 e. The summed E-state index contributed by atoms with van der Waals surface area (Å²) in [6, 6.07) is 6.25. The second kappa shape index (κ2) is 7.39. The van der Waals surface area contributed by atoms with Crippen molar-refractivity contribution >= 4 is 23.1 Å². The number of nitrogens with zero attached hydrogens (tertiary/aromatic N) is 6. The first-order valence-corrected chi connectivity index (χ1v) is 10.5. The third-order valence-corrected chi connectivity index (χ3v) is 5.89. The molecule has 0 saturated carbocycles. The molecular formula is C23H27N7O. The average Bonchev–Trinajstić information content (AvgIpc) is 3.36. The Morgan fingerprint density at radius 2 is 1.97 bits per heavy atom. The fourth-order valence-electron chi connectivity index (χ4n) is 4.37. The molecule has 1 atom stereocenters. The summed E-state index contributed by atoms with van der Waals surface area (Å²) in [6.07, 6.45) is 6.09. The quantitative estimate of drug-likeness (QED) is 0.475. The lowest BCUT2D eigenvalue weighted by molar-refractivity contribution is 0.147. The predicted molar refractivity (Wildman–Crippen MR) is 122 cm³/mol. The first-order chi connectivity index (χ1) is 14.9. The first-order valence-electron chi connectivity index (χ1n) is 10.5. The monoisotopic (exact) mass is 417 g/mol. The number of likely N-dealkylation sites (N-methyl/N-ethyl adjacent to an activating group) is 1. The van der Waals surface area contributed by atoms with Crippen LogP contribution in [0.4, 0.5) is 0 Å². The second-order valence-corrected chi connectivity index (χ2v) is 8.38. The van der Waals surface area contributed by atoms with E-state index in [1.807, 2.05) is 31.0 Å². The minimum Gasteiger partial charge on any atom is -0.473 e. The zero-order valence-corrected chi connectivity index (χ0v) is 18.5. The molecule has 0 saturated heterocycles. The molecule has 1 aromatic carbocycles. The molecule has 1 aliphatic rings. The van der Waals surface area contributed by atoms with Gasteiger partial charge in [0, 0.05) is 38.1 Å². The van der Waals surface area contributed by atoms with E-state index in [1.54, 1.807) is 4.68 Å². The van der Waals surface area contributed by atoms with Crippen molar-refractivity contribution in [3.8, 4) is 17.0 Å². The van der Waals surface area contributed by atoms with Crippen molar-refractivity contribution in [2.24, 2.45) is 14.1 Å². The fraction of sp³-hybridized carbons (Fsp3) is 0.348. The van der Waals surface area contributed by atoms with E-state index < -0.39 is 0 Å². The molecule has 4 heterocycles. The fourth-order valence-corrected chi connectivity index (χ4v) is 4.37. The summed E-state index contributed by atoms with van der Waals surface area (Å²) in [4.78, 5) is 2.27. The lowest BCUT2D eigenvalue weighted by Crippen LogP contribution is -2.32. The van der Waals surface area contributed by atoms with Crippen molar-refractivity contribution in [2.75, 3.05) is 13.6 Å². The van der Waals surface area contributed by atoms with Crippen molar-refractivity contribution in [2.45, 2.75) is 26.5 Å². The number of aryl methyl sites for hydroxylation is 3. The lowest BCUT2D eigenvalue weighted by Gasteiger charge is -2.23. The molecule has 0 spiro atoms. The SMILES string of the molecule is Cc1nn(C)c2c1/C=C/c1[nH]nc3ccc(cc13)-c1cnn(C)c1O[C@@H](C)CN(C)C2. The van der Waals surface area contributed by atoms with Gasteiger partial charge in [0.15, 0.2) is 0 Å². The summed E-state index contributed by atoms with van der Waals surface area (Å²) in [5.41, 5.74) is 7.25. The standard InChI is InChI=1S/C23H27N7O/c1-14-12-28(3)13-22-17(15(2)27-29(22)4)7-9-21-18-10-16(6-8-20(18)25-26-21)19-11-24-30(5)23(19)31-14/h6-11,14H,12-13H2,1-5H3,(H,25,26)/b9-7+/t14-/m0/s1. The molecule has 0 aliphatic carbocycles. The van der Waals surface area contributed by atoms with Crippen LogP contribution in [0.25, 0.3) is 34.2 Å². The minimum absolute atomic E-state index is 0.00851. The normalized spacial score (nSPS) is 18.3. The van der Waals surface area contributed by atoms with Gasteiger partial charge in [0.1, 0.15) is 6.10 Å². The van der Waals surface area contributed by atoms with Gasteiger partial charge in [-0.15, -0.1) is 0 Å². The second-order valence-electron chi connectivity index (χ2n) is 8.38. The van der Waals surface area contributed by atoms with Gasteiger partial charge in [-0.3, -0.25) is 14.7 Å².